The fraction of sp³-hybridized carbons (Fsp3) is 0.385. The second-order valence-electron chi connectivity index (χ2n) is 10.1. The molecular weight excluding hydrogens is 494 g/mol. The predicted molar refractivity (Wildman–Crippen MR) is 142 cm³/mol. The van der Waals surface area contributed by atoms with Crippen LogP contribution in [0.15, 0.2) is 47.6 Å². The minimum atomic E-state index is -0.274. The number of anilines is 2. The summed E-state index contributed by atoms with van der Waals surface area (Å²) in [6, 6.07) is 5.92. The van der Waals surface area contributed by atoms with E-state index in [-0.39, 0.29) is 23.9 Å². The van der Waals surface area contributed by atoms with Crippen LogP contribution < -0.4 is 15.0 Å². The van der Waals surface area contributed by atoms with E-state index in [9.17, 15) is 4.79 Å². The Morgan fingerprint density at radius 2 is 2.00 bits per heavy atom. The van der Waals surface area contributed by atoms with Crippen LogP contribution in [-0.4, -0.2) is 62.3 Å². The van der Waals surface area contributed by atoms with Gasteiger partial charge >= 0.3 is 0 Å². The summed E-state index contributed by atoms with van der Waals surface area (Å²) in [5, 5.41) is 11.4. The zero-order valence-corrected chi connectivity index (χ0v) is 21.9. The minimum Gasteiger partial charge on any atom is -0.487 e. The Labute approximate surface area is 221 Å². The van der Waals surface area contributed by atoms with Gasteiger partial charge in [0.05, 0.1) is 23.3 Å². The average Bonchev–Trinajstić information content (AvgIpc) is 3.54. The number of aryl methyl sites for hydroxylation is 1. The van der Waals surface area contributed by atoms with Crippen LogP contribution in [0.2, 0.25) is 0 Å². The van der Waals surface area contributed by atoms with E-state index >= 15 is 0 Å². The lowest BCUT2D eigenvalue weighted by Gasteiger charge is -2.37. The largest absolute Gasteiger partial charge is 0.487 e. The van der Waals surface area contributed by atoms with E-state index in [2.05, 4.69) is 56.3 Å². The smallest absolute Gasteiger partial charge is 0.261 e. The number of carbonyl (C=O) groups is 1. The molecule has 1 N–H and O–H groups in total. The van der Waals surface area contributed by atoms with Crippen molar-refractivity contribution in [3.05, 3.63) is 65.4 Å². The number of fused-ring (bicyclic) bond motifs is 2. The van der Waals surface area contributed by atoms with Crippen molar-refractivity contribution in [3.63, 3.8) is 0 Å². The highest BCUT2D eigenvalue weighted by molar-refractivity contribution is 6.09. The van der Waals surface area contributed by atoms with E-state index in [1.807, 2.05) is 6.92 Å². The van der Waals surface area contributed by atoms with Crippen LogP contribution in [-0.2, 0) is 13.0 Å². The number of carbonyl (C=O) groups excluding carboxylic acids is 1. The zero-order valence-electron chi connectivity index (χ0n) is 21.1. The first-order valence-electron chi connectivity index (χ1n) is 12.2. The molecule has 1 fully saturated rings. The second-order valence-corrected chi connectivity index (χ2v) is 10.1. The summed E-state index contributed by atoms with van der Waals surface area (Å²) in [5.41, 5.74) is 5.58. The summed E-state index contributed by atoms with van der Waals surface area (Å²) in [4.78, 5) is 22.4. The van der Waals surface area contributed by atoms with Crippen molar-refractivity contribution < 1.29 is 14.1 Å². The van der Waals surface area contributed by atoms with Crippen LogP contribution in [0.25, 0.3) is 5.65 Å². The molecule has 0 spiro atoms. The number of benzene rings is 1. The fourth-order valence-electron chi connectivity index (χ4n) is 5.03. The number of hydrogen-bond acceptors (Lipinski definition) is 8. The van der Waals surface area contributed by atoms with Crippen molar-refractivity contribution in [3.8, 4) is 5.75 Å². The molecule has 194 valence electrons. The van der Waals surface area contributed by atoms with Crippen molar-refractivity contribution in [2.75, 3.05) is 36.4 Å². The standard InChI is InChI=1S/C26H29N7O3.ClH/c1-17-19(16-35-30-17)15-31-7-9-32(10-8-31)22-12-23-18(13-26(2,3)36-23)11-21(22)29-25(34)20-14-28-33-6-4-5-27-24(20)33;/h4-6,11-12,14,16H,7-10,13,15H2,1-3H3,(H,29,34);1H. The van der Waals surface area contributed by atoms with Crippen LogP contribution in [0.4, 0.5) is 11.4 Å². The highest BCUT2D eigenvalue weighted by atomic mass is 35.5. The van der Waals surface area contributed by atoms with Crippen LogP contribution in [0, 0.1) is 6.92 Å². The summed E-state index contributed by atoms with van der Waals surface area (Å²) >= 11 is 0. The van der Waals surface area contributed by atoms with Gasteiger partial charge in [0.15, 0.2) is 5.65 Å². The maximum Gasteiger partial charge on any atom is 0.261 e. The third-order valence-corrected chi connectivity index (χ3v) is 6.91. The Bertz CT molecular complexity index is 1440. The number of halogens is 1. The number of aromatic nitrogens is 4. The van der Waals surface area contributed by atoms with Gasteiger partial charge in [0, 0.05) is 68.7 Å². The lowest BCUT2D eigenvalue weighted by Crippen LogP contribution is -2.46. The van der Waals surface area contributed by atoms with Gasteiger partial charge in [0.25, 0.3) is 5.91 Å². The topological polar surface area (TPSA) is 101 Å². The number of nitrogens with zero attached hydrogens (tertiary/aromatic N) is 6. The van der Waals surface area contributed by atoms with E-state index < -0.39 is 0 Å². The van der Waals surface area contributed by atoms with Crippen LogP contribution in [0.1, 0.15) is 41.0 Å². The first-order chi connectivity index (χ1) is 17.4. The molecule has 0 saturated carbocycles. The van der Waals surface area contributed by atoms with E-state index in [1.54, 1.807) is 35.4 Å². The van der Waals surface area contributed by atoms with E-state index in [1.165, 1.54) is 0 Å². The Morgan fingerprint density at radius 3 is 2.76 bits per heavy atom. The molecular formula is C26H30ClN7O3. The van der Waals surface area contributed by atoms with Crippen molar-refractivity contribution in [2.24, 2.45) is 0 Å². The Balaban J connectivity index is 0.00000280. The Hall–Kier alpha value is -3.63. The van der Waals surface area contributed by atoms with Crippen molar-refractivity contribution in [1.82, 2.24) is 24.7 Å². The molecule has 0 atom stereocenters. The first kappa shape index (κ1) is 25.0. The molecule has 4 aromatic rings. The number of hydrogen-bond donors (Lipinski definition) is 1. The first-order valence-corrected chi connectivity index (χ1v) is 12.2. The molecule has 2 aliphatic rings. The highest BCUT2D eigenvalue weighted by Crippen LogP contribution is 2.42. The molecule has 0 bridgehead atoms. The van der Waals surface area contributed by atoms with E-state index in [0.717, 1.165) is 73.1 Å². The lowest BCUT2D eigenvalue weighted by molar-refractivity contribution is 0.102. The van der Waals surface area contributed by atoms with Gasteiger partial charge in [0.1, 0.15) is 23.2 Å². The molecule has 10 nitrogen and oxygen atoms in total. The van der Waals surface area contributed by atoms with Crippen molar-refractivity contribution in [2.45, 2.75) is 39.3 Å². The maximum absolute atomic E-state index is 13.3. The summed E-state index contributed by atoms with van der Waals surface area (Å²) in [7, 11) is 0. The quantitative estimate of drug-likeness (QED) is 0.422. The maximum atomic E-state index is 13.3. The summed E-state index contributed by atoms with van der Waals surface area (Å²) in [6.45, 7) is 10.4. The molecule has 0 radical (unpaired) electrons. The molecule has 37 heavy (non-hydrogen) atoms. The number of amides is 1. The van der Waals surface area contributed by atoms with Crippen molar-refractivity contribution >= 4 is 35.3 Å². The zero-order chi connectivity index (χ0) is 24.9. The number of nitrogens with one attached hydrogen (secondary N) is 1. The lowest BCUT2D eigenvalue weighted by atomic mass is 10.0. The number of rotatable bonds is 5. The summed E-state index contributed by atoms with van der Waals surface area (Å²) < 4.78 is 12.9. The number of piperazine rings is 1. The summed E-state index contributed by atoms with van der Waals surface area (Å²) in [5.74, 6) is 0.651. The van der Waals surface area contributed by atoms with Gasteiger partial charge in [-0.15, -0.1) is 12.4 Å². The molecule has 2 aliphatic heterocycles. The fourth-order valence-corrected chi connectivity index (χ4v) is 5.03. The van der Waals surface area contributed by atoms with Gasteiger partial charge in [-0.1, -0.05) is 5.16 Å². The van der Waals surface area contributed by atoms with Gasteiger partial charge in [-0.05, 0) is 32.9 Å². The van der Waals surface area contributed by atoms with Crippen LogP contribution >= 0.6 is 12.4 Å². The predicted octanol–water partition coefficient (Wildman–Crippen LogP) is 3.74. The van der Waals surface area contributed by atoms with Gasteiger partial charge in [0.2, 0.25) is 0 Å². The second kappa shape index (κ2) is 9.68. The molecule has 6 rings (SSSR count). The van der Waals surface area contributed by atoms with E-state index in [4.69, 9.17) is 9.26 Å². The minimum absolute atomic E-state index is 0. The Kier molecular flexibility index (Phi) is 6.55. The monoisotopic (exact) mass is 523 g/mol. The molecule has 1 saturated heterocycles. The van der Waals surface area contributed by atoms with E-state index in [0.29, 0.717) is 11.2 Å². The molecule has 1 aromatic carbocycles. The molecule has 3 aromatic heterocycles. The molecule has 1 amide bonds. The Morgan fingerprint density at radius 1 is 1.19 bits per heavy atom. The molecule has 0 aliphatic carbocycles. The molecule has 5 heterocycles. The molecule has 11 heteroatoms. The van der Waals surface area contributed by atoms with Crippen LogP contribution in [0.5, 0.6) is 5.75 Å². The van der Waals surface area contributed by atoms with Gasteiger partial charge < -0.3 is 19.5 Å². The van der Waals surface area contributed by atoms with Gasteiger partial charge in [-0.3, -0.25) is 9.69 Å². The normalized spacial score (nSPS) is 16.8. The third kappa shape index (κ3) is 4.86. The third-order valence-electron chi connectivity index (χ3n) is 6.91. The highest BCUT2D eigenvalue weighted by Gasteiger charge is 2.32. The van der Waals surface area contributed by atoms with Gasteiger partial charge in [-0.2, -0.15) is 5.10 Å². The van der Waals surface area contributed by atoms with Crippen molar-refractivity contribution in [1.29, 1.82) is 0 Å². The SMILES string of the molecule is Cc1nocc1CN1CCN(c2cc3c(cc2NC(=O)c2cnn4cccnc24)CC(C)(C)O3)CC1.Cl. The number of ether oxygens (including phenoxy) is 1. The summed E-state index contributed by atoms with van der Waals surface area (Å²) in [6.07, 6.45) is 7.51. The average molecular weight is 524 g/mol. The van der Waals surface area contributed by atoms with Gasteiger partial charge in [-0.25, -0.2) is 9.50 Å². The molecule has 0 unspecified atom stereocenters. The van der Waals surface area contributed by atoms with Crippen LogP contribution in [0.3, 0.4) is 0 Å².